The molecule has 1 aliphatic carbocycles. The van der Waals surface area contributed by atoms with Crippen LogP contribution in [0.1, 0.15) is 52.4 Å². The highest BCUT2D eigenvalue weighted by Crippen LogP contribution is 2.24. The maximum absolute atomic E-state index is 12.6. The minimum absolute atomic E-state index is 0.151. The number of rotatable bonds is 4. The number of benzene rings is 2. The first-order chi connectivity index (χ1) is 9.78. The molecule has 0 fully saturated rings. The lowest BCUT2D eigenvalue weighted by Crippen LogP contribution is -2.03. The Balaban J connectivity index is 1.90. The predicted molar refractivity (Wildman–Crippen MR) is 82.3 cm³/mol. The minimum atomic E-state index is 0.151. The van der Waals surface area contributed by atoms with Crippen LogP contribution in [0, 0.1) is 0 Å². The van der Waals surface area contributed by atoms with E-state index in [0.29, 0.717) is 0 Å². The van der Waals surface area contributed by atoms with Crippen molar-refractivity contribution < 1.29 is 4.79 Å². The summed E-state index contributed by atoms with van der Waals surface area (Å²) >= 11 is 0. The molecule has 1 nitrogen and oxygen atoms in total. The van der Waals surface area contributed by atoms with Crippen molar-refractivity contribution in [2.24, 2.45) is 0 Å². The Morgan fingerprint density at radius 3 is 2.65 bits per heavy atom. The topological polar surface area (TPSA) is 17.1 Å². The lowest BCUT2D eigenvalue weighted by molar-refractivity contribution is 0.103. The van der Waals surface area contributed by atoms with Crippen LogP contribution in [-0.4, -0.2) is 5.78 Å². The first-order valence-electron chi connectivity index (χ1n) is 7.53. The fourth-order valence-corrected chi connectivity index (χ4v) is 3.04. The molecule has 0 radical (unpaired) electrons. The molecule has 1 heteroatoms. The predicted octanol–water partition coefficient (Wildman–Crippen LogP) is 4.36. The van der Waals surface area contributed by atoms with Gasteiger partial charge in [0, 0.05) is 11.1 Å². The van der Waals surface area contributed by atoms with Crippen LogP contribution in [0.15, 0.2) is 42.5 Å². The number of hydrogen-bond donors (Lipinski definition) is 0. The fraction of sp³-hybridized carbons (Fsp3) is 0.316. The van der Waals surface area contributed by atoms with E-state index >= 15 is 0 Å². The first-order valence-corrected chi connectivity index (χ1v) is 7.53. The summed E-state index contributed by atoms with van der Waals surface area (Å²) in [7, 11) is 0. The summed E-state index contributed by atoms with van der Waals surface area (Å²) in [6.45, 7) is 2.16. The molecule has 0 atom stereocenters. The molecule has 2 aromatic carbocycles. The molecule has 0 bridgehead atoms. The fourth-order valence-electron chi connectivity index (χ4n) is 3.04. The van der Waals surface area contributed by atoms with E-state index in [1.54, 1.807) is 0 Å². The average Bonchev–Trinajstić information content (AvgIpc) is 2.94. The normalized spacial score (nSPS) is 13.2. The minimum Gasteiger partial charge on any atom is -0.289 e. The van der Waals surface area contributed by atoms with Gasteiger partial charge in [0.1, 0.15) is 0 Å². The van der Waals surface area contributed by atoms with Crippen LogP contribution >= 0.6 is 0 Å². The summed E-state index contributed by atoms with van der Waals surface area (Å²) in [4.78, 5) is 12.6. The van der Waals surface area contributed by atoms with Gasteiger partial charge in [-0.2, -0.15) is 0 Å². The van der Waals surface area contributed by atoms with Crippen molar-refractivity contribution in [2.75, 3.05) is 0 Å². The van der Waals surface area contributed by atoms with Crippen LogP contribution in [0.4, 0.5) is 0 Å². The van der Waals surface area contributed by atoms with Gasteiger partial charge in [0.15, 0.2) is 5.78 Å². The molecule has 0 aliphatic heterocycles. The van der Waals surface area contributed by atoms with Crippen LogP contribution in [0.3, 0.4) is 0 Å². The monoisotopic (exact) mass is 264 g/mol. The standard InChI is InChI=1S/C19H20O/c1-2-5-14-6-3-9-17(12-14)19(20)18-11-10-15-7-4-8-16(15)13-18/h3,6,9-13H,2,4-5,7-8H2,1H3. The number of hydrogen-bond acceptors (Lipinski definition) is 1. The molecule has 0 saturated carbocycles. The van der Waals surface area contributed by atoms with Crippen molar-refractivity contribution in [1.29, 1.82) is 0 Å². The molecule has 0 unspecified atom stereocenters. The Morgan fingerprint density at radius 2 is 1.80 bits per heavy atom. The van der Waals surface area contributed by atoms with Crippen LogP contribution in [0.2, 0.25) is 0 Å². The van der Waals surface area contributed by atoms with Gasteiger partial charge in [-0.3, -0.25) is 4.79 Å². The van der Waals surface area contributed by atoms with E-state index in [1.165, 1.54) is 23.1 Å². The van der Waals surface area contributed by atoms with Gasteiger partial charge in [-0.1, -0.05) is 43.7 Å². The van der Waals surface area contributed by atoms with Crippen LogP contribution < -0.4 is 0 Å². The van der Waals surface area contributed by atoms with Gasteiger partial charge < -0.3 is 0 Å². The Labute approximate surface area is 120 Å². The summed E-state index contributed by atoms with van der Waals surface area (Å²) in [5.41, 5.74) is 5.68. The van der Waals surface area contributed by atoms with Crippen LogP contribution in [0.5, 0.6) is 0 Å². The molecule has 0 spiro atoms. The number of aryl methyl sites for hydroxylation is 3. The lowest BCUT2D eigenvalue weighted by atomic mass is 9.97. The van der Waals surface area contributed by atoms with Crippen LogP contribution in [0.25, 0.3) is 0 Å². The summed E-state index contributed by atoms with van der Waals surface area (Å²) in [5, 5.41) is 0. The molecule has 0 N–H and O–H groups in total. The third-order valence-electron chi connectivity index (χ3n) is 4.09. The van der Waals surface area contributed by atoms with Crippen molar-refractivity contribution in [2.45, 2.75) is 39.0 Å². The lowest BCUT2D eigenvalue weighted by Gasteiger charge is -2.06. The molecule has 0 heterocycles. The van der Waals surface area contributed by atoms with Crippen molar-refractivity contribution in [3.05, 3.63) is 70.3 Å². The second-order valence-electron chi connectivity index (χ2n) is 5.62. The zero-order valence-electron chi connectivity index (χ0n) is 12.0. The first kappa shape index (κ1) is 13.1. The molecule has 3 rings (SSSR count). The van der Waals surface area contributed by atoms with Crippen molar-refractivity contribution in [3.8, 4) is 0 Å². The second-order valence-corrected chi connectivity index (χ2v) is 5.62. The van der Waals surface area contributed by atoms with Gasteiger partial charge in [-0.05, 0) is 54.5 Å². The third kappa shape index (κ3) is 2.53. The summed E-state index contributed by atoms with van der Waals surface area (Å²) in [6.07, 6.45) is 5.64. The van der Waals surface area contributed by atoms with Gasteiger partial charge in [0.05, 0.1) is 0 Å². The van der Waals surface area contributed by atoms with E-state index in [2.05, 4.69) is 25.1 Å². The van der Waals surface area contributed by atoms with Gasteiger partial charge in [0.2, 0.25) is 0 Å². The molecule has 0 aromatic heterocycles. The molecule has 20 heavy (non-hydrogen) atoms. The van der Waals surface area contributed by atoms with Gasteiger partial charge in [-0.25, -0.2) is 0 Å². The van der Waals surface area contributed by atoms with Gasteiger partial charge in [-0.15, -0.1) is 0 Å². The molecular formula is C19H20O. The average molecular weight is 264 g/mol. The number of carbonyl (C=O) groups excluding carboxylic acids is 1. The highest BCUT2D eigenvalue weighted by Gasteiger charge is 2.15. The molecule has 2 aromatic rings. The Morgan fingerprint density at radius 1 is 1.00 bits per heavy atom. The van der Waals surface area contributed by atoms with Crippen LogP contribution in [-0.2, 0) is 19.3 Å². The highest BCUT2D eigenvalue weighted by atomic mass is 16.1. The highest BCUT2D eigenvalue weighted by molar-refractivity contribution is 6.09. The molecule has 1 aliphatic rings. The smallest absolute Gasteiger partial charge is 0.193 e. The quantitative estimate of drug-likeness (QED) is 0.750. The Kier molecular flexibility index (Phi) is 3.68. The maximum atomic E-state index is 12.6. The van der Waals surface area contributed by atoms with Gasteiger partial charge >= 0.3 is 0 Å². The summed E-state index contributed by atoms with van der Waals surface area (Å²) in [6, 6.07) is 14.3. The number of carbonyl (C=O) groups is 1. The second kappa shape index (κ2) is 5.62. The van der Waals surface area contributed by atoms with E-state index in [9.17, 15) is 4.79 Å². The molecule has 0 saturated heterocycles. The van der Waals surface area contributed by atoms with Crippen molar-refractivity contribution in [1.82, 2.24) is 0 Å². The third-order valence-corrected chi connectivity index (χ3v) is 4.09. The SMILES string of the molecule is CCCc1cccc(C(=O)c2ccc3c(c2)CCC3)c1. The molecule has 0 amide bonds. The largest absolute Gasteiger partial charge is 0.289 e. The number of ketones is 1. The van der Waals surface area contributed by atoms with E-state index < -0.39 is 0 Å². The van der Waals surface area contributed by atoms with Crippen molar-refractivity contribution in [3.63, 3.8) is 0 Å². The zero-order valence-corrected chi connectivity index (χ0v) is 12.0. The zero-order chi connectivity index (χ0) is 13.9. The number of fused-ring (bicyclic) bond motifs is 1. The van der Waals surface area contributed by atoms with Crippen molar-refractivity contribution >= 4 is 5.78 Å². The summed E-state index contributed by atoms with van der Waals surface area (Å²) < 4.78 is 0. The van der Waals surface area contributed by atoms with E-state index in [0.717, 1.165) is 36.8 Å². The summed E-state index contributed by atoms with van der Waals surface area (Å²) in [5.74, 6) is 0.151. The Hall–Kier alpha value is -1.89. The maximum Gasteiger partial charge on any atom is 0.193 e. The molecule has 102 valence electrons. The van der Waals surface area contributed by atoms with E-state index in [4.69, 9.17) is 0 Å². The van der Waals surface area contributed by atoms with E-state index in [1.807, 2.05) is 24.3 Å². The Bertz CT molecular complexity index is 640. The molecular weight excluding hydrogens is 244 g/mol. The van der Waals surface area contributed by atoms with Gasteiger partial charge in [0.25, 0.3) is 0 Å². The van der Waals surface area contributed by atoms with E-state index in [-0.39, 0.29) is 5.78 Å².